The molecule has 1 aromatic heterocycles. The third-order valence-corrected chi connectivity index (χ3v) is 4.00. The third-order valence-electron chi connectivity index (χ3n) is 4.00. The van der Waals surface area contributed by atoms with Crippen LogP contribution >= 0.6 is 0 Å². The normalized spacial score (nSPS) is 15.7. The molecule has 1 aliphatic carbocycles. The molecule has 0 atom stereocenters. The maximum Gasteiger partial charge on any atom is 0.242 e. The summed E-state index contributed by atoms with van der Waals surface area (Å²) < 4.78 is 10.7. The fourth-order valence-corrected chi connectivity index (χ4v) is 2.81. The van der Waals surface area contributed by atoms with Crippen LogP contribution in [0.5, 0.6) is 5.88 Å². The van der Waals surface area contributed by atoms with Crippen molar-refractivity contribution in [2.45, 2.75) is 51.4 Å². The molecule has 1 fully saturated rings. The van der Waals surface area contributed by atoms with Gasteiger partial charge in [-0.2, -0.15) is 4.98 Å². The molecule has 0 aliphatic heterocycles. The summed E-state index contributed by atoms with van der Waals surface area (Å²) in [6, 6.07) is 0. The molecular formula is C16H28N4O2. The van der Waals surface area contributed by atoms with Gasteiger partial charge in [-0.15, -0.1) is 0 Å². The second kappa shape index (κ2) is 8.78. The summed E-state index contributed by atoms with van der Waals surface area (Å²) in [6.45, 7) is 3.97. The van der Waals surface area contributed by atoms with E-state index in [2.05, 4.69) is 15.3 Å². The number of methoxy groups -OCH3 is 1. The second-order valence-corrected chi connectivity index (χ2v) is 5.69. The predicted molar refractivity (Wildman–Crippen MR) is 88.4 cm³/mol. The molecule has 0 spiro atoms. The van der Waals surface area contributed by atoms with Crippen molar-refractivity contribution in [3.05, 3.63) is 5.82 Å². The summed E-state index contributed by atoms with van der Waals surface area (Å²) in [7, 11) is 1.70. The molecule has 22 heavy (non-hydrogen) atoms. The quantitative estimate of drug-likeness (QED) is 0.719. The van der Waals surface area contributed by atoms with Crippen LogP contribution in [0.4, 0.5) is 11.5 Å². The van der Waals surface area contributed by atoms with Crippen LogP contribution in [0, 0.1) is 0 Å². The van der Waals surface area contributed by atoms with Crippen LogP contribution < -0.4 is 15.8 Å². The average Bonchev–Trinajstić information content (AvgIpc) is 2.55. The first kappa shape index (κ1) is 16.8. The zero-order valence-corrected chi connectivity index (χ0v) is 13.7. The Balaban J connectivity index is 2.16. The molecule has 124 valence electrons. The van der Waals surface area contributed by atoms with Crippen LogP contribution in [0.3, 0.4) is 0 Å². The molecule has 0 bridgehead atoms. The number of hydrogen-bond donors (Lipinski definition) is 2. The van der Waals surface area contributed by atoms with Crippen molar-refractivity contribution in [1.82, 2.24) is 9.97 Å². The van der Waals surface area contributed by atoms with Gasteiger partial charge in [0.1, 0.15) is 11.5 Å². The van der Waals surface area contributed by atoms with E-state index in [9.17, 15) is 0 Å². The van der Waals surface area contributed by atoms with Gasteiger partial charge in [0.25, 0.3) is 0 Å². The number of anilines is 2. The molecule has 0 radical (unpaired) electrons. The van der Waals surface area contributed by atoms with Crippen molar-refractivity contribution in [3.8, 4) is 5.88 Å². The number of nitrogen functional groups attached to an aromatic ring is 1. The highest BCUT2D eigenvalue weighted by Crippen LogP contribution is 2.34. The summed E-state index contributed by atoms with van der Waals surface area (Å²) in [5, 5.41) is 3.29. The highest BCUT2D eigenvalue weighted by atomic mass is 16.5. The van der Waals surface area contributed by atoms with E-state index in [4.69, 9.17) is 15.2 Å². The summed E-state index contributed by atoms with van der Waals surface area (Å²) in [4.78, 5) is 9.24. The van der Waals surface area contributed by atoms with Gasteiger partial charge < -0.3 is 20.5 Å². The van der Waals surface area contributed by atoms with Crippen molar-refractivity contribution < 1.29 is 9.47 Å². The molecule has 1 saturated carbocycles. The number of rotatable bonds is 8. The van der Waals surface area contributed by atoms with Gasteiger partial charge in [0, 0.05) is 26.2 Å². The van der Waals surface area contributed by atoms with Gasteiger partial charge in [-0.3, -0.25) is 0 Å². The maximum atomic E-state index is 6.14. The lowest BCUT2D eigenvalue weighted by Gasteiger charge is -2.22. The Kier molecular flexibility index (Phi) is 6.71. The zero-order valence-electron chi connectivity index (χ0n) is 13.7. The van der Waals surface area contributed by atoms with E-state index in [1.165, 1.54) is 19.3 Å². The Morgan fingerprint density at radius 3 is 2.68 bits per heavy atom. The molecule has 0 amide bonds. The topological polar surface area (TPSA) is 82.3 Å². The monoisotopic (exact) mass is 308 g/mol. The van der Waals surface area contributed by atoms with E-state index >= 15 is 0 Å². The first-order chi connectivity index (χ1) is 10.8. The van der Waals surface area contributed by atoms with Crippen molar-refractivity contribution in [2.24, 2.45) is 0 Å². The molecule has 6 heteroatoms. The molecule has 0 aromatic carbocycles. The number of ether oxygens (including phenoxy) is 2. The van der Waals surface area contributed by atoms with Crippen LogP contribution in [0.15, 0.2) is 0 Å². The Labute approximate surface area is 132 Å². The van der Waals surface area contributed by atoms with Gasteiger partial charge >= 0.3 is 0 Å². The molecule has 0 unspecified atom stereocenters. The number of aromatic nitrogens is 2. The van der Waals surface area contributed by atoms with Crippen molar-refractivity contribution in [3.63, 3.8) is 0 Å². The standard InChI is InChI=1S/C16H28N4O2/c1-3-22-16-13(17)15(18-10-7-11-21-2)19-14(20-16)12-8-5-4-6-9-12/h12H,3-11,17H2,1-2H3,(H,18,19,20). The van der Waals surface area contributed by atoms with E-state index in [1.54, 1.807) is 7.11 Å². The fourth-order valence-electron chi connectivity index (χ4n) is 2.81. The molecule has 2 rings (SSSR count). The lowest BCUT2D eigenvalue weighted by Crippen LogP contribution is -2.15. The van der Waals surface area contributed by atoms with E-state index in [1.807, 2.05) is 6.92 Å². The van der Waals surface area contributed by atoms with E-state index < -0.39 is 0 Å². The second-order valence-electron chi connectivity index (χ2n) is 5.69. The largest absolute Gasteiger partial charge is 0.476 e. The van der Waals surface area contributed by atoms with Gasteiger partial charge in [0.2, 0.25) is 5.88 Å². The zero-order chi connectivity index (χ0) is 15.8. The van der Waals surface area contributed by atoms with Crippen LogP contribution in [-0.2, 0) is 4.74 Å². The van der Waals surface area contributed by atoms with Gasteiger partial charge in [0.15, 0.2) is 5.82 Å². The van der Waals surface area contributed by atoms with E-state index in [0.717, 1.165) is 31.6 Å². The molecule has 3 N–H and O–H groups in total. The number of hydrogen-bond acceptors (Lipinski definition) is 6. The summed E-state index contributed by atoms with van der Waals surface area (Å²) in [5.74, 6) is 2.49. The SMILES string of the molecule is CCOc1nc(C2CCCCC2)nc(NCCCOC)c1N. The first-order valence-electron chi connectivity index (χ1n) is 8.29. The minimum Gasteiger partial charge on any atom is -0.476 e. The molecule has 0 saturated heterocycles. The number of nitrogens with one attached hydrogen (secondary N) is 1. The van der Waals surface area contributed by atoms with Gasteiger partial charge in [0.05, 0.1) is 6.61 Å². The summed E-state index contributed by atoms with van der Waals surface area (Å²) >= 11 is 0. The smallest absolute Gasteiger partial charge is 0.242 e. The number of nitrogens with two attached hydrogens (primary N) is 1. The van der Waals surface area contributed by atoms with E-state index in [-0.39, 0.29) is 0 Å². The average molecular weight is 308 g/mol. The Bertz CT molecular complexity index is 462. The molecular weight excluding hydrogens is 280 g/mol. The highest BCUT2D eigenvalue weighted by molar-refractivity contribution is 5.67. The van der Waals surface area contributed by atoms with Gasteiger partial charge in [-0.1, -0.05) is 19.3 Å². The van der Waals surface area contributed by atoms with Crippen LogP contribution in [0.1, 0.15) is 57.2 Å². The van der Waals surface area contributed by atoms with Crippen molar-refractivity contribution in [1.29, 1.82) is 0 Å². The van der Waals surface area contributed by atoms with Crippen LogP contribution in [0.2, 0.25) is 0 Å². The Morgan fingerprint density at radius 2 is 2.00 bits per heavy atom. The third kappa shape index (κ3) is 4.47. The summed E-state index contributed by atoms with van der Waals surface area (Å²) in [5.41, 5.74) is 6.64. The Morgan fingerprint density at radius 1 is 1.23 bits per heavy atom. The predicted octanol–water partition coefficient (Wildman–Crippen LogP) is 2.95. The van der Waals surface area contributed by atoms with Crippen molar-refractivity contribution in [2.75, 3.05) is 37.9 Å². The van der Waals surface area contributed by atoms with Crippen LogP contribution in [-0.4, -0.2) is 36.8 Å². The lowest BCUT2D eigenvalue weighted by atomic mass is 9.88. The highest BCUT2D eigenvalue weighted by Gasteiger charge is 2.21. The van der Waals surface area contributed by atoms with E-state index in [0.29, 0.717) is 36.5 Å². The van der Waals surface area contributed by atoms with Crippen LogP contribution in [0.25, 0.3) is 0 Å². The lowest BCUT2D eigenvalue weighted by molar-refractivity contribution is 0.197. The van der Waals surface area contributed by atoms with Gasteiger partial charge in [-0.05, 0) is 26.2 Å². The first-order valence-corrected chi connectivity index (χ1v) is 8.29. The fraction of sp³-hybridized carbons (Fsp3) is 0.750. The Hall–Kier alpha value is -1.56. The molecule has 1 heterocycles. The van der Waals surface area contributed by atoms with Gasteiger partial charge in [-0.25, -0.2) is 4.98 Å². The minimum atomic E-state index is 0.424. The summed E-state index contributed by atoms with van der Waals surface area (Å²) in [6.07, 6.45) is 7.02. The number of nitrogens with zero attached hydrogens (tertiary/aromatic N) is 2. The molecule has 1 aromatic rings. The molecule has 1 aliphatic rings. The molecule has 6 nitrogen and oxygen atoms in total. The maximum absolute atomic E-state index is 6.14. The van der Waals surface area contributed by atoms with Crippen molar-refractivity contribution >= 4 is 11.5 Å². The minimum absolute atomic E-state index is 0.424.